The highest BCUT2D eigenvalue weighted by atomic mass is 16.6. The van der Waals surface area contributed by atoms with E-state index in [9.17, 15) is 14.4 Å². The van der Waals surface area contributed by atoms with Gasteiger partial charge in [0.15, 0.2) is 0 Å². The summed E-state index contributed by atoms with van der Waals surface area (Å²) in [5.41, 5.74) is -0.698. The zero-order valence-electron chi connectivity index (χ0n) is 12.2. The van der Waals surface area contributed by atoms with Crippen molar-refractivity contribution in [2.75, 3.05) is 0 Å². The van der Waals surface area contributed by atoms with Crippen LogP contribution >= 0.6 is 0 Å². The van der Waals surface area contributed by atoms with Gasteiger partial charge >= 0.3 is 11.9 Å². The van der Waals surface area contributed by atoms with Gasteiger partial charge in [0.1, 0.15) is 11.6 Å². The molecule has 1 amide bonds. The Bertz CT molecular complexity index is 418. The molecule has 20 heavy (non-hydrogen) atoms. The molecule has 6 nitrogen and oxygen atoms in total. The molecule has 112 valence electrons. The fraction of sp³-hybridized carbons (Fsp3) is 0.500. The molecule has 0 aromatic heterocycles. The molecule has 0 heterocycles. The summed E-state index contributed by atoms with van der Waals surface area (Å²) in [4.78, 5) is 34.0. The Labute approximate surface area is 118 Å². The van der Waals surface area contributed by atoms with Gasteiger partial charge in [0, 0.05) is 6.08 Å². The van der Waals surface area contributed by atoms with Crippen LogP contribution in [0.5, 0.6) is 0 Å². The molecule has 0 aliphatic rings. The van der Waals surface area contributed by atoms with Crippen LogP contribution in [0, 0.1) is 0 Å². The minimum Gasteiger partial charge on any atom is -0.480 e. The van der Waals surface area contributed by atoms with Gasteiger partial charge in [-0.2, -0.15) is 0 Å². The summed E-state index contributed by atoms with van der Waals surface area (Å²) in [5, 5.41) is 11.2. The summed E-state index contributed by atoms with van der Waals surface area (Å²) < 4.78 is 5.02. The first kappa shape index (κ1) is 17.9. The number of allylic oxidation sites excluding steroid dienone is 3. The first-order valence-corrected chi connectivity index (χ1v) is 6.20. The smallest absolute Gasteiger partial charge is 0.326 e. The second kappa shape index (κ2) is 8.14. The van der Waals surface area contributed by atoms with Gasteiger partial charge in [-0.1, -0.05) is 18.2 Å². The van der Waals surface area contributed by atoms with Crippen LogP contribution in [0.4, 0.5) is 0 Å². The Kier molecular flexibility index (Phi) is 7.28. The van der Waals surface area contributed by atoms with Crippen LogP contribution in [0.15, 0.2) is 24.3 Å². The Hall–Kier alpha value is -2.11. The number of esters is 1. The van der Waals surface area contributed by atoms with E-state index in [1.807, 2.05) is 0 Å². The van der Waals surface area contributed by atoms with Gasteiger partial charge in [-0.15, -0.1) is 0 Å². The van der Waals surface area contributed by atoms with Crippen molar-refractivity contribution in [3.63, 3.8) is 0 Å². The summed E-state index contributed by atoms with van der Waals surface area (Å²) in [5.74, 6) is -2.55. The molecule has 0 bridgehead atoms. The molecule has 0 aliphatic carbocycles. The number of amides is 1. The topological polar surface area (TPSA) is 92.7 Å². The van der Waals surface area contributed by atoms with Crippen LogP contribution in [-0.4, -0.2) is 34.6 Å². The number of hydrogen-bond acceptors (Lipinski definition) is 4. The molecule has 0 aliphatic heterocycles. The second-order valence-electron chi connectivity index (χ2n) is 5.07. The van der Waals surface area contributed by atoms with Crippen molar-refractivity contribution in [3.8, 4) is 0 Å². The van der Waals surface area contributed by atoms with E-state index in [-0.39, 0.29) is 0 Å². The summed E-state index contributed by atoms with van der Waals surface area (Å²) >= 11 is 0. The van der Waals surface area contributed by atoms with E-state index >= 15 is 0 Å². The molecule has 0 aromatic carbocycles. The standard InChI is InChI=1S/C14H21NO5/c1-5-6-7-8-11(16)15-10(13(18)19)9-12(17)20-14(2,3)4/h5-8,10H,9H2,1-4H3,(H,15,16)(H,18,19)/b6-5+,8-7?/t10-/m0/s1. The van der Waals surface area contributed by atoms with Gasteiger partial charge < -0.3 is 15.2 Å². The molecule has 6 heteroatoms. The van der Waals surface area contributed by atoms with Crippen LogP contribution in [-0.2, 0) is 19.1 Å². The Morgan fingerprint density at radius 2 is 1.85 bits per heavy atom. The van der Waals surface area contributed by atoms with Crippen LogP contribution < -0.4 is 5.32 Å². The molecule has 0 fully saturated rings. The van der Waals surface area contributed by atoms with Gasteiger partial charge in [-0.3, -0.25) is 9.59 Å². The summed E-state index contributed by atoms with van der Waals surface area (Å²) in [6.45, 7) is 6.82. The van der Waals surface area contributed by atoms with Crippen molar-refractivity contribution < 1.29 is 24.2 Å². The van der Waals surface area contributed by atoms with Gasteiger partial charge in [-0.05, 0) is 27.7 Å². The Morgan fingerprint density at radius 3 is 2.30 bits per heavy atom. The first-order valence-electron chi connectivity index (χ1n) is 6.20. The molecule has 0 spiro atoms. The maximum Gasteiger partial charge on any atom is 0.326 e. The van der Waals surface area contributed by atoms with Crippen LogP contribution in [0.1, 0.15) is 34.1 Å². The van der Waals surface area contributed by atoms with Crippen molar-refractivity contribution in [2.24, 2.45) is 0 Å². The lowest BCUT2D eigenvalue weighted by Gasteiger charge is -2.21. The fourth-order valence-electron chi connectivity index (χ4n) is 1.22. The lowest BCUT2D eigenvalue weighted by molar-refractivity contribution is -0.158. The number of aliphatic carboxylic acids is 1. The fourth-order valence-corrected chi connectivity index (χ4v) is 1.22. The molecule has 0 rings (SSSR count). The van der Waals surface area contributed by atoms with Crippen molar-refractivity contribution in [3.05, 3.63) is 24.3 Å². The molecule has 0 saturated heterocycles. The Balaban J connectivity index is 4.55. The number of carboxylic acid groups (broad SMARTS) is 1. The predicted molar refractivity (Wildman–Crippen MR) is 74.0 cm³/mol. The van der Waals surface area contributed by atoms with Crippen LogP contribution in [0.2, 0.25) is 0 Å². The van der Waals surface area contributed by atoms with Gasteiger partial charge in [0.25, 0.3) is 0 Å². The maximum atomic E-state index is 11.5. The number of carbonyl (C=O) groups is 3. The van der Waals surface area contributed by atoms with Gasteiger partial charge in [0.05, 0.1) is 6.42 Å². The van der Waals surface area contributed by atoms with E-state index in [0.717, 1.165) is 0 Å². The first-order chi connectivity index (χ1) is 9.15. The third-order valence-corrected chi connectivity index (χ3v) is 1.96. The average Bonchev–Trinajstić information content (AvgIpc) is 2.25. The monoisotopic (exact) mass is 283 g/mol. The normalized spacial score (nSPS) is 13.4. The van der Waals surface area contributed by atoms with Crippen molar-refractivity contribution in [1.29, 1.82) is 0 Å². The number of ether oxygens (including phenoxy) is 1. The molecule has 0 saturated carbocycles. The minimum absolute atomic E-state index is 0.421. The predicted octanol–water partition coefficient (Wildman–Crippen LogP) is 1.42. The van der Waals surface area contributed by atoms with E-state index in [2.05, 4.69) is 5.32 Å². The molecule has 2 N–H and O–H groups in total. The highest BCUT2D eigenvalue weighted by Gasteiger charge is 2.25. The minimum atomic E-state index is -1.31. The van der Waals surface area contributed by atoms with E-state index in [1.54, 1.807) is 39.8 Å². The Morgan fingerprint density at radius 1 is 1.25 bits per heavy atom. The van der Waals surface area contributed by atoms with Crippen molar-refractivity contribution >= 4 is 17.8 Å². The molecule has 0 radical (unpaired) electrons. The van der Waals surface area contributed by atoms with E-state index < -0.39 is 35.9 Å². The van der Waals surface area contributed by atoms with Crippen molar-refractivity contribution in [1.82, 2.24) is 5.32 Å². The lowest BCUT2D eigenvalue weighted by Crippen LogP contribution is -2.42. The van der Waals surface area contributed by atoms with E-state index in [1.165, 1.54) is 12.2 Å². The summed E-state index contributed by atoms with van der Waals surface area (Å²) in [7, 11) is 0. The second-order valence-corrected chi connectivity index (χ2v) is 5.07. The molecule has 0 aromatic rings. The molecule has 1 atom stereocenters. The number of rotatable bonds is 6. The number of carboxylic acids is 1. The van der Waals surface area contributed by atoms with E-state index in [0.29, 0.717) is 0 Å². The lowest BCUT2D eigenvalue weighted by atomic mass is 10.1. The zero-order chi connectivity index (χ0) is 15.8. The maximum absolute atomic E-state index is 11.5. The summed E-state index contributed by atoms with van der Waals surface area (Å²) in [6, 6.07) is -1.31. The van der Waals surface area contributed by atoms with Crippen LogP contribution in [0.3, 0.4) is 0 Å². The third-order valence-electron chi connectivity index (χ3n) is 1.96. The van der Waals surface area contributed by atoms with Gasteiger partial charge in [0.2, 0.25) is 5.91 Å². The molecule has 0 unspecified atom stereocenters. The number of hydrogen-bond donors (Lipinski definition) is 2. The van der Waals surface area contributed by atoms with Crippen molar-refractivity contribution in [2.45, 2.75) is 45.8 Å². The largest absolute Gasteiger partial charge is 0.480 e. The quantitative estimate of drug-likeness (QED) is 0.437. The highest BCUT2D eigenvalue weighted by molar-refractivity contribution is 5.92. The molecular weight excluding hydrogens is 262 g/mol. The van der Waals surface area contributed by atoms with Gasteiger partial charge in [-0.25, -0.2) is 4.79 Å². The highest BCUT2D eigenvalue weighted by Crippen LogP contribution is 2.09. The van der Waals surface area contributed by atoms with E-state index in [4.69, 9.17) is 9.84 Å². The van der Waals surface area contributed by atoms with Crippen LogP contribution in [0.25, 0.3) is 0 Å². The SMILES string of the molecule is C/C=C/C=CC(=O)N[C@@H](CC(=O)OC(C)(C)C)C(=O)O. The zero-order valence-corrected chi connectivity index (χ0v) is 12.2. The summed E-state index contributed by atoms with van der Waals surface area (Å²) in [6.07, 6.45) is 5.59. The third kappa shape index (κ3) is 8.91. The number of nitrogens with one attached hydrogen (secondary N) is 1. The molecular formula is C14H21NO5. The number of carbonyl (C=O) groups excluding carboxylic acids is 2. The average molecular weight is 283 g/mol.